The first-order valence-electron chi connectivity index (χ1n) is 5.55. The first-order chi connectivity index (χ1) is 8.13. The van der Waals surface area contributed by atoms with Crippen LogP contribution < -0.4 is 5.73 Å². The number of benzene rings is 2. The van der Waals surface area contributed by atoms with Crippen LogP contribution in [0.5, 0.6) is 0 Å². The van der Waals surface area contributed by atoms with E-state index < -0.39 is 0 Å². The molecule has 0 heterocycles. The predicted octanol–water partition coefficient (Wildman–Crippen LogP) is 3.37. The van der Waals surface area contributed by atoms with Crippen molar-refractivity contribution >= 4 is 12.0 Å². The molecular weight excluding hydrogens is 210 g/mol. The van der Waals surface area contributed by atoms with Crippen LogP contribution in [0.25, 0.3) is 11.1 Å². The molecule has 0 bridgehead atoms. The molecule has 2 aromatic rings. The number of anilines is 1. The molecule has 0 aliphatic carbocycles. The Morgan fingerprint density at radius 2 is 1.82 bits per heavy atom. The number of carbonyl (C=O) groups excluding carboxylic acids is 1. The molecule has 0 spiro atoms. The van der Waals surface area contributed by atoms with Gasteiger partial charge in [0.05, 0.1) is 0 Å². The smallest absolute Gasteiger partial charge is 0.150 e. The molecule has 2 aromatic carbocycles. The van der Waals surface area contributed by atoms with Gasteiger partial charge in [-0.3, -0.25) is 4.79 Å². The molecule has 0 saturated heterocycles. The highest BCUT2D eigenvalue weighted by Crippen LogP contribution is 2.28. The van der Waals surface area contributed by atoms with Gasteiger partial charge >= 0.3 is 0 Å². The molecule has 2 rings (SSSR count). The van der Waals surface area contributed by atoms with E-state index in [4.69, 9.17) is 5.73 Å². The minimum Gasteiger partial charge on any atom is -0.398 e. The minimum absolute atomic E-state index is 0.690. The van der Waals surface area contributed by atoms with E-state index in [1.807, 2.05) is 44.2 Å². The van der Waals surface area contributed by atoms with Crippen LogP contribution in [0.2, 0.25) is 0 Å². The second-order valence-corrected chi connectivity index (χ2v) is 4.21. The number of hydrogen-bond donors (Lipinski definition) is 1. The Hall–Kier alpha value is -2.09. The SMILES string of the molecule is Cc1cc(-c2ccccc2C=O)cc(N)c1C. The number of hydrogen-bond acceptors (Lipinski definition) is 2. The van der Waals surface area contributed by atoms with Gasteiger partial charge in [0.15, 0.2) is 6.29 Å². The largest absolute Gasteiger partial charge is 0.398 e. The highest BCUT2D eigenvalue weighted by Gasteiger charge is 2.07. The van der Waals surface area contributed by atoms with Crippen molar-refractivity contribution < 1.29 is 4.79 Å². The Morgan fingerprint density at radius 3 is 2.47 bits per heavy atom. The number of rotatable bonds is 2. The minimum atomic E-state index is 0.690. The maximum atomic E-state index is 11.0. The second kappa shape index (κ2) is 4.42. The van der Waals surface area contributed by atoms with Gasteiger partial charge in [0.25, 0.3) is 0 Å². The molecule has 0 amide bonds. The number of nitrogens with two attached hydrogens (primary N) is 1. The molecule has 0 aliphatic heterocycles. The summed E-state index contributed by atoms with van der Waals surface area (Å²) in [6.07, 6.45) is 0.876. The molecule has 17 heavy (non-hydrogen) atoms. The number of carbonyl (C=O) groups is 1. The summed E-state index contributed by atoms with van der Waals surface area (Å²) in [5.74, 6) is 0. The van der Waals surface area contributed by atoms with Crippen LogP contribution in [0.1, 0.15) is 21.5 Å². The fourth-order valence-corrected chi connectivity index (χ4v) is 1.90. The highest BCUT2D eigenvalue weighted by atomic mass is 16.1. The van der Waals surface area contributed by atoms with Gasteiger partial charge in [0.2, 0.25) is 0 Å². The third kappa shape index (κ3) is 2.07. The molecule has 0 aromatic heterocycles. The maximum absolute atomic E-state index is 11.0. The summed E-state index contributed by atoms with van der Waals surface area (Å²) in [4.78, 5) is 11.0. The highest BCUT2D eigenvalue weighted by molar-refractivity contribution is 5.88. The zero-order valence-electron chi connectivity index (χ0n) is 10.0. The Morgan fingerprint density at radius 1 is 1.12 bits per heavy atom. The van der Waals surface area contributed by atoms with Crippen molar-refractivity contribution in [1.82, 2.24) is 0 Å². The molecule has 2 N–H and O–H groups in total. The van der Waals surface area contributed by atoms with E-state index in [2.05, 4.69) is 6.07 Å². The summed E-state index contributed by atoms with van der Waals surface area (Å²) in [5, 5.41) is 0. The van der Waals surface area contributed by atoms with Crippen LogP contribution in [0.4, 0.5) is 5.69 Å². The van der Waals surface area contributed by atoms with Gasteiger partial charge in [0, 0.05) is 11.3 Å². The quantitative estimate of drug-likeness (QED) is 0.629. The Kier molecular flexibility index (Phi) is 2.96. The van der Waals surface area contributed by atoms with E-state index in [0.29, 0.717) is 5.56 Å². The lowest BCUT2D eigenvalue weighted by Gasteiger charge is -2.10. The van der Waals surface area contributed by atoms with Crippen molar-refractivity contribution in [3.63, 3.8) is 0 Å². The standard InChI is InChI=1S/C15H15NO/c1-10-7-13(8-15(16)11(10)2)14-6-4-3-5-12(14)9-17/h3-9H,16H2,1-2H3. The van der Waals surface area contributed by atoms with Crippen LogP contribution in [0.15, 0.2) is 36.4 Å². The van der Waals surface area contributed by atoms with Gasteiger partial charge in [0.1, 0.15) is 0 Å². The summed E-state index contributed by atoms with van der Waals surface area (Å²) in [5.41, 5.74) is 11.6. The van der Waals surface area contributed by atoms with Crippen LogP contribution in [-0.4, -0.2) is 6.29 Å². The summed E-state index contributed by atoms with van der Waals surface area (Å²) in [7, 11) is 0. The topological polar surface area (TPSA) is 43.1 Å². The van der Waals surface area contributed by atoms with Gasteiger partial charge in [-0.2, -0.15) is 0 Å². The van der Waals surface area contributed by atoms with Gasteiger partial charge < -0.3 is 5.73 Å². The van der Waals surface area contributed by atoms with Gasteiger partial charge in [-0.15, -0.1) is 0 Å². The van der Waals surface area contributed by atoms with Gasteiger partial charge in [-0.05, 0) is 42.2 Å². The van der Waals surface area contributed by atoms with Crippen LogP contribution in [0.3, 0.4) is 0 Å². The Bertz CT molecular complexity index is 550. The van der Waals surface area contributed by atoms with Crippen molar-refractivity contribution in [1.29, 1.82) is 0 Å². The van der Waals surface area contributed by atoms with Crippen LogP contribution >= 0.6 is 0 Å². The summed E-state index contributed by atoms with van der Waals surface area (Å²) >= 11 is 0. The monoisotopic (exact) mass is 225 g/mol. The van der Waals surface area contributed by atoms with Crippen molar-refractivity contribution in [2.75, 3.05) is 5.73 Å². The predicted molar refractivity (Wildman–Crippen MR) is 71.2 cm³/mol. The zero-order chi connectivity index (χ0) is 12.4. The van der Waals surface area contributed by atoms with Crippen LogP contribution in [-0.2, 0) is 0 Å². The maximum Gasteiger partial charge on any atom is 0.150 e. The third-order valence-corrected chi connectivity index (χ3v) is 3.11. The number of aldehydes is 1. The van der Waals surface area contributed by atoms with Crippen molar-refractivity contribution in [3.05, 3.63) is 53.1 Å². The normalized spacial score (nSPS) is 10.2. The number of nitrogen functional groups attached to an aromatic ring is 1. The zero-order valence-corrected chi connectivity index (χ0v) is 10.0. The van der Waals surface area contributed by atoms with Crippen molar-refractivity contribution in [3.8, 4) is 11.1 Å². The van der Waals surface area contributed by atoms with Crippen molar-refractivity contribution in [2.24, 2.45) is 0 Å². The summed E-state index contributed by atoms with van der Waals surface area (Å²) < 4.78 is 0. The molecule has 0 aliphatic rings. The molecule has 2 nitrogen and oxygen atoms in total. The summed E-state index contributed by atoms with van der Waals surface area (Å²) in [6.45, 7) is 4.03. The second-order valence-electron chi connectivity index (χ2n) is 4.21. The van der Waals surface area contributed by atoms with E-state index in [9.17, 15) is 4.79 Å². The molecule has 2 heteroatoms. The van der Waals surface area contributed by atoms with E-state index in [-0.39, 0.29) is 0 Å². The van der Waals surface area contributed by atoms with Gasteiger partial charge in [-0.25, -0.2) is 0 Å². The van der Waals surface area contributed by atoms with E-state index in [1.165, 1.54) is 0 Å². The van der Waals surface area contributed by atoms with Gasteiger partial charge in [-0.1, -0.05) is 30.3 Å². The van der Waals surface area contributed by atoms with E-state index in [1.54, 1.807) is 0 Å². The lowest BCUT2D eigenvalue weighted by Crippen LogP contribution is -1.95. The molecule has 0 atom stereocenters. The van der Waals surface area contributed by atoms with E-state index >= 15 is 0 Å². The average molecular weight is 225 g/mol. The molecule has 86 valence electrons. The third-order valence-electron chi connectivity index (χ3n) is 3.11. The average Bonchev–Trinajstić information content (AvgIpc) is 2.35. The molecule has 0 fully saturated rings. The fourth-order valence-electron chi connectivity index (χ4n) is 1.90. The van der Waals surface area contributed by atoms with E-state index in [0.717, 1.165) is 34.2 Å². The summed E-state index contributed by atoms with van der Waals surface area (Å²) in [6, 6.07) is 11.5. The first-order valence-corrected chi connectivity index (χ1v) is 5.55. The van der Waals surface area contributed by atoms with Crippen molar-refractivity contribution in [2.45, 2.75) is 13.8 Å². The fraction of sp³-hybridized carbons (Fsp3) is 0.133. The molecular formula is C15H15NO. The first kappa shape index (κ1) is 11.4. The Balaban J connectivity index is 2.65. The van der Waals surface area contributed by atoms with Crippen LogP contribution in [0, 0.1) is 13.8 Å². The molecule has 0 radical (unpaired) electrons. The molecule has 0 unspecified atom stereocenters. The lowest BCUT2D eigenvalue weighted by molar-refractivity contribution is 0.112. The lowest BCUT2D eigenvalue weighted by atomic mass is 9.96. The molecule has 0 saturated carbocycles. The number of aryl methyl sites for hydroxylation is 1. The Labute approximate surface area is 101 Å².